The van der Waals surface area contributed by atoms with Crippen molar-refractivity contribution in [1.29, 1.82) is 0 Å². The first-order valence-corrected chi connectivity index (χ1v) is 8.22. The zero-order chi connectivity index (χ0) is 16.1. The standard InChI is InChI=1S/C19H22N2O2/c22-13-9-18-6-1-2-12-21(18)19(23)17-5-3-4-16(14-17)15-7-10-20-11-8-15/h3-5,7-8,10-11,14,18,22H,1-2,6,9,12-13H2/t18-/m1/s1. The van der Waals surface area contributed by atoms with Crippen LogP contribution in [0.25, 0.3) is 11.1 Å². The molecule has 2 heterocycles. The van der Waals surface area contributed by atoms with Gasteiger partial charge in [0.15, 0.2) is 0 Å². The number of carbonyl (C=O) groups excluding carboxylic acids is 1. The molecule has 120 valence electrons. The van der Waals surface area contributed by atoms with Crippen LogP contribution in [0, 0.1) is 0 Å². The number of pyridine rings is 1. The van der Waals surface area contributed by atoms with E-state index in [1.807, 2.05) is 41.3 Å². The molecule has 4 nitrogen and oxygen atoms in total. The van der Waals surface area contributed by atoms with Crippen molar-refractivity contribution < 1.29 is 9.90 Å². The minimum atomic E-state index is 0.0686. The number of carbonyl (C=O) groups is 1. The first kappa shape index (κ1) is 15.7. The van der Waals surface area contributed by atoms with Crippen LogP contribution in [-0.2, 0) is 0 Å². The molecule has 1 aliphatic heterocycles. The Bertz CT molecular complexity index is 655. The van der Waals surface area contributed by atoms with Crippen LogP contribution >= 0.6 is 0 Å². The third-order valence-corrected chi connectivity index (χ3v) is 4.47. The predicted molar refractivity (Wildman–Crippen MR) is 90.1 cm³/mol. The maximum absolute atomic E-state index is 12.9. The lowest BCUT2D eigenvalue weighted by Crippen LogP contribution is -2.44. The monoisotopic (exact) mass is 310 g/mol. The van der Waals surface area contributed by atoms with Crippen LogP contribution in [0.15, 0.2) is 48.8 Å². The minimum absolute atomic E-state index is 0.0686. The molecule has 1 fully saturated rings. The summed E-state index contributed by atoms with van der Waals surface area (Å²) in [6.45, 7) is 0.911. The predicted octanol–water partition coefficient (Wildman–Crippen LogP) is 3.13. The Morgan fingerprint density at radius 2 is 2.00 bits per heavy atom. The van der Waals surface area contributed by atoms with Crippen molar-refractivity contribution in [1.82, 2.24) is 9.88 Å². The average molecular weight is 310 g/mol. The first-order chi connectivity index (χ1) is 11.3. The van der Waals surface area contributed by atoms with Crippen LogP contribution in [0.3, 0.4) is 0 Å². The Hall–Kier alpha value is -2.20. The molecular formula is C19H22N2O2. The summed E-state index contributed by atoms with van der Waals surface area (Å²) >= 11 is 0. The van der Waals surface area contributed by atoms with Gasteiger partial charge in [0.25, 0.3) is 5.91 Å². The van der Waals surface area contributed by atoms with Crippen molar-refractivity contribution >= 4 is 5.91 Å². The van der Waals surface area contributed by atoms with Crippen LogP contribution in [0.5, 0.6) is 0 Å². The van der Waals surface area contributed by atoms with Gasteiger partial charge in [-0.2, -0.15) is 0 Å². The van der Waals surface area contributed by atoms with E-state index >= 15 is 0 Å². The Morgan fingerprint density at radius 1 is 1.17 bits per heavy atom. The molecule has 1 atom stereocenters. The topological polar surface area (TPSA) is 53.4 Å². The molecule has 0 radical (unpaired) electrons. The fraction of sp³-hybridized carbons (Fsp3) is 0.368. The second-order valence-electron chi connectivity index (χ2n) is 5.98. The minimum Gasteiger partial charge on any atom is -0.396 e. The van der Waals surface area contributed by atoms with Crippen LogP contribution < -0.4 is 0 Å². The number of aromatic nitrogens is 1. The molecule has 0 unspecified atom stereocenters. The van der Waals surface area contributed by atoms with Crippen molar-refractivity contribution in [2.24, 2.45) is 0 Å². The van der Waals surface area contributed by atoms with Crippen LogP contribution in [0.4, 0.5) is 0 Å². The van der Waals surface area contributed by atoms with Crippen molar-refractivity contribution in [3.63, 3.8) is 0 Å². The summed E-state index contributed by atoms with van der Waals surface area (Å²) in [4.78, 5) is 18.9. The van der Waals surface area contributed by atoms with Gasteiger partial charge < -0.3 is 10.0 Å². The lowest BCUT2D eigenvalue weighted by atomic mass is 9.97. The van der Waals surface area contributed by atoms with E-state index in [4.69, 9.17) is 0 Å². The first-order valence-electron chi connectivity index (χ1n) is 8.22. The number of hydrogen-bond acceptors (Lipinski definition) is 3. The normalized spacial score (nSPS) is 18.0. The molecular weight excluding hydrogens is 288 g/mol. The number of aliphatic hydroxyl groups is 1. The number of hydrogen-bond donors (Lipinski definition) is 1. The van der Waals surface area contributed by atoms with Gasteiger partial charge in [0.1, 0.15) is 0 Å². The molecule has 0 aliphatic carbocycles. The summed E-state index contributed by atoms with van der Waals surface area (Å²) in [6, 6.07) is 11.8. The Labute approximate surface area is 136 Å². The molecule has 1 saturated heterocycles. The molecule has 4 heteroatoms. The highest BCUT2D eigenvalue weighted by atomic mass is 16.3. The molecule has 1 N–H and O–H groups in total. The number of nitrogens with zero attached hydrogens (tertiary/aromatic N) is 2. The van der Waals surface area contributed by atoms with E-state index in [0.717, 1.165) is 36.9 Å². The fourth-order valence-corrected chi connectivity index (χ4v) is 3.26. The van der Waals surface area contributed by atoms with Gasteiger partial charge in [-0.3, -0.25) is 9.78 Å². The van der Waals surface area contributed by atoms with Gasteiger partial charge in [-0.05, 0) is 61.1 Å². The summed E-state index contributed by atoms with van der Waals surface area (Å²) in [6.07, 6.45) is 7.33. The van der Waals surface area contributed by atoms with Crippen molar-refractivity contribution in [3.05, 3.63) is 54.4 Å². The van der Waals surface area contributed by atoms with E-state index in [1.54, 1.807) is 12.4 Å². The summed E-state index contributed by atoms with van der Waals surface area (Å²) in [5.41, 5.74) is 2.79. The maximum atomic E-state index is 12.9. The molecule has 1 aromatic carbocycles. The van der Waals surface area contributed by atoms with Crippen LogP contribution in [0.1, 0.15) is 36.0 Å². The number of benzene rings is 1. The highest BCUT2D eigenvalue weighted by molar-refractivity contribution is 5.95. The van der Waals surface area contributed by atoms with E-state index in [-0.39, 0.29) is 18.6 Å². The average Bonchev–Trinajstić information content (AvgIpc) is 2.63. The van der Waals surface area contributed by atoms with Crippen molar-refractivity contribution in [2.45, 2.75) is 31.7 Å². The summed E-state index contributed by atoms with van der Waals surface area (Å²) in [7, 11) is 0. The zero-order valence-corrected chi connectivity index (χ0v) is 13.2. The molecule has 1 aromatic heterocycles. The zero-order valence-electron chi connectivity index (χ0n) is 13.2. The summed E-state index contributed by atoms with van der Waals surface area (Å²) in [5, 5.41) is 9.24. The lowest BCUT2D eigenvalue weighted by Gasteiger charge is -2.35. The van der Waals surface area contributed by atoms with Crippen LogP contribution in [0.2, 0.25) is 0 Å². The van der Waals surface area contributed by atoms with Gasteiger partial charge in [-0.1, -0.05) is 12.1 Å². The Morgan fingerprint density at radius 3 is 2.78 bits per heavy atom. The molecule has 0 bridgehead atoms. The SMILES string of the molecule is O=C(c1cccc(-c2ccncc2)c1)N1CCCC[C@@H]1CCO. The number of rotatable bonds is 4. The molecule has 1 aliphatic rings. The number of aliphatic hydroxyl groups excluding tert-OH is 1. The van der Waals surface area contributed by atoms with E-state index in [0.29, 0.717) is 12.0 Å². The van der Waals surface area contributed by atoms with Crippen LogP contribution in [-0.4, -0.2) is 40.1 Å². The fourth-order valence-electron chi connectivity index (χ4n) is 3.26. The van der Waals surface area contributed by atoms with Gasteiger partial charge >= 0.3 is 0 Å². The van der Waals surface area contributed by atoms with E-state index in [9.17, 15) is 9.90 Å². The van der Waals surface area contributed by atoms with E-state index in [2.05, 4.69) is 4.98 Å². The largest absolute Gasteiger partial charge is 0.396 e. The van der Waals surface area contributed by atoms with Gasteiger partial charge in [-0.25, -0.2) is 0 Å². The van der Waals surface area contributed by atoms with Crippen molar-refractivity contribution in [2.75, 3.05) is 13.2 Å². The van der Waals surface area contributed by atoms with Gasteiger partial charge in [0, 0.05) is 37.2 Å². The molecule has 23 heavy (non-hydrogen) atoms. The van der Waals surface area contributed by atoms with E-state index in [1.165, 1.54) is 0 Å². The molecule has 0 spiro atoms. The Balaban J connectivity index is 1.84. The Kier molecular flexibility index (Phi) is 5.03. The lowest BCUT2D eigenvalue weighted by molar-refractivity contribution is 0.0574. The third-order valence-electron chi connectivity index (χ3n) is 4.47. The van der Waals surface area contributed by atoms with Gasteiger partial charge in [0.05, 0.1) is 0 Å². The second kappa shape index (κ2) is 7.38. The summed E-state index contributed by atoms with van der Waals surface area (Å²) < 4.78 is 0. The highest BCUT2D eigenvalue weighted by Gasteiger charge is 2.27. The second-order valence-corrected chi connectivity index (χ2v) is 5.98. The van der Waals surface area contributed by atoms with E-state index < -0.39 is 0 Å². The van der Waals surface area contributed by atoms with Gasteiger partial charge in [0.2, 0.25) is 0 Å². The smallest absolute Gasteiger partial charge is 0.254 e. The highest BCUT2D eigenvalue weighted by Crippen LogP contribution is 2.24. The molecule has 0 saturated carbocycles. The van der Waals surface area contributed by atoms with Crippen molar-refractivity contribution in [3.8, 4) is 11.1 Å². The summed E-state index contributed by atoms with van der Waals surface area (Å²) in [5.74, 6) is 0.0686. The number of likely N-dealkylation sites (tertiary alicyclic amines) is 1. The molecule has 3 rings (SSSR count). The number of piperidine rings is 1. The molecule has 1 amide bonds. The third kappa shape index (κ3) is 3.59. The van der Waals surface area contributed by atoms with Gasteiger partial charge in [-0.15, -0.1) is 0 Å². The quantitative estimate of drug-likeness (QED) is 0.944. The molecule has 2 aromatic rings. The maximum Gasteiger partial charge on any atom is 0.254 e. The number of amides is 1.